The summed E-state index contributed by atoms with van der Waals surface area (Å²) in [5.74, 6) is 0.915. The van der Waals surface area contributed by atoms with E-state index in [9.17, 15) is 9.59 Å². The van der Waals surface area contributed by atoms with Crippen LogP contribution in [0.3, 0.4) is 0 Å². The van der Waals surface area contributed by atoms with E-state index in [2.05, 4.69) is 10.1 Å². The fraction of sp³-hybridized carbons (Fsp3) is 0.231. The first-order chi connectivity index (χ1) is 15.8. The van der Waals surface area contributed by atoms with Crippen LogP contribution in [0.25, 0.3) is 11.1 Å². The summed E-state index contributed by atoms with van der Waals surface area (Å²) in [5.41, 5.74) is 3.44. The summed E-state index contributed by atoms with van der Waals surface area (Å²) in [7, 11) is 0. The van der Waals surface area contributed by atoms with Crippen LogP contribution >= 0.6 is 11.6 Å². The molecule has 0 aliphatic heterocycles. The number of benzene rings is 3. The molecule has 0 radical (unpaired) electrons. The number of carbonyl (C=O) groups is 2. The molecule has 3 rings (SSSR count). The van der Waals surface area contributed by atoms with Crippen molar-refractivity contribution in [1.82, 2.24) is 5.32 Å². The lowest BCUT2D eigenvalue weighted by atomic mass is 10.0. The molecule has 0 saturated carbocycles. The zero-order valence-electron chi connectivity index (χ0n) is 18.5. The molecule has 0 spiro atoms. The minimum Gasteiger partial charge on any atom is -0.492 e. The Kier molecular flexibility index (Phi) is 8.33. The molecule has 0 fully saturated rings. The van der Waals surface area contributed by atoms with E-state index in [1.54, 1.807) is 42.5 Å². The van der Waals surface area contributed by atoms with Gasteiger partial charge in [0.15, 0.2) is 0 Å². The van der Waals surface area contributed by atoms with Gasteiger partial charge in [0.25, 0.3) is 5.91 Å². The van der Waals surface area contributed by atoms with Gasteiger partial charge in [0.1, 0.15) is 11.5 Å². The van der Waals surface area contributed by atoms with Crippen molar-refractivity contribution in [2.45, 2.75) is 20.3 Å². The van der Waals surface area contributed by atoms with Gasteiger partial charge in [-0.3, -0.25) is 4.79 Å². The van der Waals surface area contributed by atoms with E-state index in [4.69, 9.17) is 21.4 Å². The molecule has 0 aromatic heterocycles. The highest BCUT2D eigenvalue weighted by molar-refractivity contribution is 6.31. The monoisotopic (exact) mass is 467 g/mol. The Labute approximate surface area is 198 Å². The number of halogens is 1. The lowest BCUT2D eigenvalue weighted by molar-refractivity contribution is 0.0949. The third kappa shape index (κ3) is 7.26. The number of rotatable bonds is 9. The summed E-state index contributed by atoms with van der Waals surface area (Å²) in [6, 6.07) is 19.9. The number of carbonyl (C=O) groups excluding carboxylic acids is 1. The van der Waals surface area contributed by atoms with Crippen LogP contribution in [0.5, 0.6) is 11.5 Å². The van der Waals surface area contributed by atoms with Crippen LogP contribution in [0.2, 0.25) is 5.02 Å². The van der Waals surface area contributed by atoms with Crippen molar-refractivity contribution in [1.29, 1.82) is 0 Å². The van der Waals surface area contributed by atoms with Crippen molar-refractivity contribution < 1.29 is 24.2 Å². The summed E-state index contributed by atoms with van der Waals surface area (Å²) in [5, 5.41) is 12.1. The number of carboxylic acid groups (broad SMARTS) is 1. The summed E-state index contributed by atoms with van der Waals surface area (Å²) < 4.78 is 10.4. The number of hydrogen-bond donors (Lipinski definition) is 2. The van der Waals surface area contributed by atoms with Gasteiger partial charge in [-0.05, 0) is 59.4 Å². The van der Waals surface area contributed by atoms with Crippen LogP contribution in [0.1, 0.15) is 29.8 Å². The molecule has 33 heavy (non-hydrogen) atoms. The Morgan fingerprint density at radius 3 is 2.21 bits per heavy atom. The predicted molar refractivity (Wildman–Crippen MR) is 128 cm³/mol. The Morgan fingerprint density at radius 1 is 0.970 bits per heavy atom. The number of hydrogen-bond acceptors (Lipinski definition) is 4. The summed E-state index contributed by atoms with van der Waals surface area (Å²) in [6.45, 7) is 5.08. The molecular weight excluding hydrogens is 442 g/mol. The Balaban J connectivity index is 1.56. The molecule has 172 valence electrons. The van der Waals surface area contributed by atoms with Crippen molar-refractivity contribution in [2.24, 2.45) is 5.92 Å². The zero-order chi connectivity index (χ0) is 23.8. The van der Waals surface area contributed by atoms with Gasteiger partial charge in [0.2, 0.25) is 0 Å². The van der Waals surface area contributed by atoms with Crippen LogP contribution < -0.4 is 14.8 Å². The molecule has 3 aromatic carbocycles. The van der Waals surface area contributed by atoms with Gasteiger partial charge in [-0.15, -0.1) is 0 Å². The molecule has 0 aliphatic carbocycles. The first-order valence-electron chi connectivity index (χ1n) is 10.6. The third-order valence-electron chi connectivity index (χ3n) is 4.80. The van der Waals surface area contributed by atoms with Crippen molar-refractivity contribution in [2.75, 3.05) is 13.2 Å². The maximum Gasteiger partial charge on any atom is 0.511 e. The van der Waals surface area contributed by atoms with Crippen molar-refractivity contribution in [3.63, 3.8) is 0 Å². The van der Waals surface area contributed by atoms with Gasteiger partial charge in [-0.2, -0.15) is 0 Å². The number of ether oxygens (including phenoxy) is 2. The quantitative estimate of drug-likeness (QED) is 0.294. The lowest BCUT2D eigenvalue weighted by Gasteiger charge is -2.14. The minimum absolute atomic E-state index is 0.225. The van der Waals surface area contributed by atoms with Crippen LogP contribution in [-0.4, -0.2) is 30.3 Å². The minimum atomic E-state index is -1.34. The second-order valence-corrected chi connectivity index (χ2v) is 8.38. The molecule has 0 unspecified atom stereocenters. The van der Waals surface area contributed by atoms with Gasteiger partial charge in [-0.1, -0.05) is 61.8 Å². The number of nitrogens with one attached hydrogen (secondary N) is 1. The van der Waals surface area contributed by atoms with E-state index in [1.165, 1.54) is 0 Å². The molecule has 2 N–H and O–H groups in total. The fourth-order valence-corrected chi connectivity index (χ4v) is 3.33. The van der Waals surface area contributed by atoms with E-state index in [1.807, 2.05) is 38.1 Å². The van der Waals surface area contributed by atoms with E-state index in [0.29, 0.717) is 41.8 Å². The molecule has 0 saturated heterocycles. The van der Waals surface area contributed by atoms with Crippen LogP contribution in [0, 0.1) is 5.92 Å². The van der Waals surface area contributed by atoms with Crippen LogP contribution in [-0.2, 0) is 6.42 Å². The Hall–Kier alpha value is -3.51. The predicted octanol–water partition coefficient (Wildman–Crippen LogP) is 6.07. The third-order valence-corrected chi connectivity index (χ3v) is 5.04. The largest absolute Gasteiger partial charge is 0.511 e. The first-order valence-corrected chi connectivity index (χ1v) is 11.0. The summed E-state index contributed by atoms with van der Waals surface area (Å²) >= 11 is 6.08. The molecule has 1 amide bonds. The van der Waals surface area contributed by atoms with Crippen LogP contribution in [0.4, 0.5) is 4.79 Å². The van der Waals surface area contributed by atoms with E-state index in [-0.39, 0.29) is 11.7 Å². The fourth-order valence-electron chi connectivity index (χ4n) is 3.16. The molecular formula is C26H26ClNO5. The molecule has 0 aliphatic rings. The van der Waals surface area contributed by atoms with E-state index in [0.717, 1.165) is 16.7 Å². The first kappa shape index (κ1) is 24.1. The number of amides is 1. The van der Waals surface area contributed by atoms with Gasteiger partial charge in [-0.25, -0.2) is 4.79 Å². The van der Waals surface area contributed by atoms with Gasteiger partial charge in [0.05, 0.1) is 12.2 Å². The van der Waals surface area contributed by atoms with Crippen molar-refractivity contribution >= 4 is 23.7 Å². The molecule has 0 bridgehead atoms. The lowest BCUT2D eigenvalue weighted by Crippen LogP contribution is -2.26. The molecule has 6 nitrogen and oxygen atoms in total. The van der Waals surface area contributed by atoms with Crippen molar-refractivity contribution in [3.8, 4) is 22.6 Å². The Bertz CT molecular complexity index is 1090. The van der Waals surface area contributed by atoms with Gasteiger partial charge >= 0.3 is 6.16 Å². The smallest absolute Gasteiger partial charge is 0.492 e. The van der Waals surface area contributed by atoms with Crippen LogP contribution in [0.15, 0.2) is 66.7 Å². The normalized spacial score (nSPS) is 10.7. The SMILES string of the molecule is CC(C)COc1ccc(Cl)cc1C(=O)NCCc1ccc(-c2ccc(OC(=O)O)cc2)cc1. The standard InChI is InChI=1S/C26H26ClNO5/c1-17(2)16-32-24-12-9-21(27)15-23(24)25(29)28-14-13-18-3-5-19(6-4-18)20-7-10-22(11-8-20)33-26(30)31/h3-12,15,17H,13-14,16H2,1-2H3,(H,28,29)(H,30,31). The highest BCUT2D eigenvalue weighted by Crippen LogP contribution is 2.24. The van der Waals surface area contributed by atoms with Gasteiger partial charge < -0.3 is 19.9 Å². The second kappa shape index (κ2) is 11.4. The topological polar surface area (TPSA) is 84.9 Å². The Morgan fingerprint density at radius 2 is 1.61 bits per heavy atom. The molecule has 0 heterocycles. The highest BCUT2D eigenvalue weighted by atomic mass is 35.5. The average Bonchev–Trinajstić information content (AvgIpc) is 2.78. The van der Waals surface area contributed by atoms with E-state index < -0.39 is 6.16 Å². The van der Waals surface area contributed by atoms with Crippen molar-refractivity contribution in [3.05, 3.63) is 82.9 Å². The average molecular weight is 468 g/mol. The van der Waals surface area contributed by atoms with Gasteiger partial charge in [0, 0.05) is 11.6 Å². The summed E-state index contributed by atoms with van der Waals surface area (Å²) in [4.78, 5) is 23.3. The second-order valence-electron chi connectivity index (χ2n) is 7.94. The highest BCUT2D eigenvalue weighted by Gasteiger charge is 2.14. The van der Waals surface area contributed by atoms with E-state index >= 15 is 0 Å². The summed E-state index contributed by atoms with van der Waals surface area (Å²) in [6.07, 6.45) is -0.672. The maximum atomic E-state index is 12.7. The maximum absolute atomic E-state index is 12.7. The molecule has 0 atom stereocenters. The zero-order valence-corrected chi connectivity index (χ0v) is 19.3. The molecule has 3 aromatic rings. The molecule has 7 heteroatoms.